The lowest BCUT2D eigenvalue weighted by Crippen LogP contribution is -2.14. The van der Waals surface area contributed by atoms with Gasteiger partial charge in [-0.1, -0.05) is 11.8 Å². The minimum absolute atomic E-state index is 0.153. The van der Waals surface area contributed by atoms with Gasteiger partial charge < -0.3 is 10.1 Å². The van der Waals surface area contributed by atoms with Gasteiger partial charge in [0, 0.05) is 11.1 Å². The van der Waals surface area contributed by atoms with Crippen LogP contribution in [0.25, 0.3) is 10.9 Å². The number of amides is 1. The molecule has 1 N–H and O–H groups in total. The second-order valence-electron chi connectivity index (χ2n) is 6.38. The van der Waals surface area contributed by atoms with Crippen molar-refractivity contribution in [1.29, 1.82) is 5.26 Å². The maximum absolute atomic E-state index is 12.3. The number of pyridine rings is 1. The second kappa shape index (κ2) is 8.77. The molecule has 0 aliphatic carbocycles. The summed E-state index contributed by atoms with van der Waals surface area (Å²) in [7, 11) is 0. The maximum atomic E-state index is 12.3. The number of aryl methyl sites for hydroxylation is 2. The Hall–Kier alpha value is -3.04. The van der Waals surface area contributed by atoms with E-state index in [0.717, 1.165) is 27.8 Å². The van der Waals surface area contributed by atoms with E-state index in [1.807, 2.05) is 51.1 Å². The third kappa shape index (κ3) is 4.62. The van der Waals surface area contributed by atoms with Gasteiger partial charge in [0.15, 0.2) is 0 Å². The molecule has 2 aromatic carbocycles. The molecule has 0 fully saturated rings. The summed E-state index contributed by atoms with van der Waals surface area (Å²) in [5, 5.41) is 13.8. The van der Waals surface area contributed by atoms with Crippen LogP contribution in [0.1, 0.15) is 23.6 Å². The van der Waals surface area contributed by atoms with Crippen molar-refractivity contribution in [3.63, 3.8) is 0 Å². The maximum Gasteiger partial charge on any atom is 0.234 e. The van der Waals surface area contributed by atoms with E-state index in [2.05, 4.69) is 16.4 Å². The number of aromatic nitrogens is 1. The molecule has 0 radical (unpaired) electrons. The zero-order valence-corrected chi connectivity index (χ0v) is 16.9. The molecule has 1 amide bonds. The van der Waals surface area contributed by atoms with Crippen LogP contribution in [0.2, 0.25) is 0 Å². The van der Waals surface area contributed by atoms with Crippen LogP contribution in [0.4, 0.5) is 5.69 Å². The number of hydrogen-bond acceptors (Lipinski definition) is 5. The van der Waals surface area contributed by atoms with Crippen molar-refractivity contribution in [2.24, 2.45) is 0 Å². The van der Waals surface area contributed by atoms with Gasteiger partial charge in [0.25, 0.3) is 0 Å². The van der Waals surface area contributed by atoms with Gasteiger partial charge in [0.2, 0.25) is 5.91 Å². The Balaban J connectivity index is 1.70. The van der Waals surface area contributed by atoms with Crippen LogP contribution in [0.3, 0.4) is 0 Å². The number of nitrogens with one attached hydrogen (secondary N) is 1. The molecule has 1 aromatic heterocycles. The summed E-state index contributed by atoms with van der Waals surface area (Å²) < 4.78 is 5.39. The van der Waals surface area contributed by atoms with Crippen LogP contribution in [0.15, 0.2) is 47.5 Å². The van der Waals surface area contributed by atoms with Gasteiger partial charge in [-0.15, -0.1) is 0 Å². The molecule has 0 spiro atoms. The van der Waals surface area contributed by atoms with Gasteiger partial charge in [-0.25, -0.2) is 4.98 Å². The molecular weight excluding hydrogens is 370 g/mol. The fourth-order valence-electron chi connectivity index (χ4n) is 2.74. The van der Waals surface area contributed by atoms with Crippen molar-refractivity contribution in [2.45, 2.75) is 25.8 Å². The van der Waals surface area contributed by atoms with Crippen molar-refractivity contribution in [2.75, 3.05) is 17.7 Å². The fraction of sp³-hybridized carbons (Fsp3) is 0.227. The van der Waals surface area contributed by atoms with Crippen LogP contribution in [-0.4, -0.2) is 23.3 Å². The van der Waals surface area contributed by atoms with Gasteiger partial charge in [0.1, 0.15) is 16.8 Å². The lowest BCUT2D eigenvalue weighted by molar-refractivity contribution is -0.113. The van der Waals surface area contributed by atoms with Gasteiger partial charge in [-0.3, -0.25) is 4.79 Å². The Morgan fingerprint density at radius 1 is 1.18 bits per heavy atom. The molecule has 0 atom stereocenters. The molecular formula is C22H21N3O2S. The number of nitrogens with zero attached hydrogens (tertiary/aromatic N) is 2. The highest BCUT2D eigenvalue weighted by Gasteiger charge is 2.11. The number of anilines is 1. The normalized spacial score (nSPS) is 10.5. The minimum Gasteiger partial charge on any atom is -0.494 e. The first-order valence-corrected chi connectivity index (χ1v) is 9.96. The molecule has 0 saturated carbocycles. The van der Waals surface area contributed by atoms with Crippen LogP contribution in [0.5, 0.6) is 5.75 Å². The first kappa shape index (κ1) is 19.7. The molecule has 0 unspecified atom stereocenters. The third-order valence-electron chi connectivity index (χ3n) is 4.30. The first-order valence-electron chi connectivity index (χ1n) is 8.97. The predicted molar refractivity (Wildman–Crippen MR) is 113 cm³/mol. The third-order valence-corrected chi connectivity index (χ3v) is 5.30. The molecule has 0 aliphatic rings. The fourth-order valence-corrected chi connectivity index (χ4v) is 3.51. The van der Waals surface area contributed by atoms with Crippen molar-refractivity contribution in [1.82, 2.24) is 4.98 Å². The van der Waals surface area contributed by atoms with E-state index in [0.29, 0.717) is 22.9 Å². The summed E-state index contributed by atoms with van der Waals surface area (Å²) in [6, 6.07) is 15.3. The summed E-state index contributed by atoms with van der Waals surface area (Å²) in [4.78, 5) is 16.9. The number of thioether (sulfide) groups is 1. The molecule has 3 rings (SSSR count). The second-order valence-corrected chi connectivity index (χ2v) is 7.34. The van der Waals surface area contributed by atoms with Crippen LogP contribution in [-0.2, 0) is 4.79 Å². The van der Waals surface area contributed by atoms with Gasteiger partial charge >= 0.3 is 0 Å². The van der Waals surface area contributed by atoms with E-state index >= 15 is 0 Å². The molecule has 5 nitrogen and oxygen atoms in total. The Bertz CT molecular complexity index is 1060. The van der Waals surface area contributed by atoms with E-state index in [1.165, 1.54) is 11.8 Å². The number of ether oxygens (including phenoxy) is 1. The predicted octanol–water partition coefficient (Wildman–Crippen LogP) is 4.85. The number of hydrogen-bond donors (Lipinski definition) is 1. The van der Waals surface area contributed by atoms with Crippen molar-refractivity contribution in [3.8, 4) is 11.8 Å². The van der Waals surface area contributed by atoms with Crippen LogP contribution >= 0.6 is 11.8 Å². The summed E-state index contributed by atoms with van der Waals surface area (Å²) in [5.41, 5.74) is 4.32. The molecule has 28 heavy (non-hydrogen) atoms. The average molecular weight is 391 g/mol. The van der Waals surface area contributed by atoms with Crippen LogP contribution < -0.4 is 10.1 Å². The van der Waals surface area contributed by atoms with E-state index < -0.39 is 0 Å². The lowest BCUT2D eigenvalue weighted by atomic mass is 10.1. The number of carbonyl (C=O) groups is 1. The van der Waals surface area contributed by atoms with Crippen molar-refractivity contribution < 1.29 is 9.53 Å². The highest BCUT2D eigenvalue weighted by molar-refractivity contribution is 8.00. The van der Waals surface area contributed by atoms with E-state index in [4.69, 9.17) is 4.74 Å². The van der Waals surface area contributed by atoms with E-state index in [-0.39, 0.29) is 11.7 Å². The van der Waals surface area contributed by atoms with E-state index in [9.17, 15) is 10.1 Å². The molecule has 0 saturated heterocycles. The summed E-state index contributed by atoms with van der Waals surface area (Å²) in [5.74, 6) is 0.782. The van der Waals surface area contributed by atoms with E-state index in [1.54, 1.807) is 12.1 Å². The molecule has 6 heteroatoms. The largest absolute Gasteiger partial charge is 0.494 e. The summed E-state index contributed by atoms with van der Waals surface area (Å²) >= 11 is 1.26. The van der Waals surface area contributed by atoms with Crippen molar-refractivity contribution >= 4 is 34.3 Å². The first-order chi connectivity index (χ1) is 13.5. The Morgan fingerprint density at radius 3 is 2.57 bits per heavy atom. The highest BCUT2D eigenvalue weighted by atomic mass is 32.2. The molecule has 1 heterocycles. The van der Waals surface area contributed by atoms with Gasteiger partial charge in [-0.05, 0) is 74.4 Å². The number of fused-ring (bicyclic) bond motifs is 1. The molecule has 3 aromatic rings. The number of nitriles is 1. The van der Waals surface area contributed by atoms with Crippen molar-refractivity contribution in [3.05, 3.63) is 59.2 Å². The minimum atomic E-state index is -0.153. The zero-order valence-electron chi connectivity index (χ0n) is 16.1. The SMILES string of the molecule is CCOc1ccc(NC(=O)CSc2nc3cc(C)c(C)cc3cc2C#N)cc1. The van der Waals surface area contributed by atoms with Gasteiger partial charge in [0.05, 0.1) is 23.4 Å². The quantitative estimate of drug-likeness (QED) is 0.608. The summed E-state index contributed by atoms with van der Waals surface area (Å²) in [6.45, 7) is 6.59. The smallest absolute Gasteiger partial charge is 0.234 e. The number of benzene rings is 2. The number of rotatable bonds is 6. The molecule has 0 bridgehead atoms. The zero-order chi connectivity index (χ0) is 20.1. The van der Waals surface area contributed by atoms with Gasteiger partial charge in [-0.2, -0.15) is 5.26 Å². The topological polar surface area (TPSA) is 75.0 Å². The Morgan fingerprint density at radius 2 is 1.89 bits per heavy atom. The Kier molecular flexibility index (Phi) is 6.17. The standard InChI is InChI=1S/C22H21N3O2S/c1-4-27-19-7-5-18(6-8-19)24-21(26)13-28-22-17(12-23)11-16-9-14(2)15(3)10-20(16)25-22/h5-11H,4,13H2,1-3H3,(H,24,26). The molecule has 142 valence electrons. The van der Waals surface area contributed by atoms with Crippen LogP contribution in [0, 0.1) is 25.2 Å². The lowest BCUT2D eigenvalue weighted by Gasteiger charge is -2.09. The average Bonchev–Trinajstić information content (AvgIpc) is 2.68. The Labute approximate surface area is 168 Å². The highest BCUT2D eigenvalue weighted by Crippen LogP contribution is 2.26. The summed E-state index contributed by atoms with van der Waals surface area (Å²) in [6.07, 6.45) is 0. The monoisotopic (exact) mass is 391 g/mol. The molecule has 0 aliphatic heterocycles. The number of carbonyl (C=O) groups excluding carboxylic acids is 1.